The molecule has 0 unspecified atom stereocenters. The number of allylic oxidation sites excluding steroid dienone is 3. The van der Waals surface area contributed by atoms with E-state index in [9.17, 15) is 10.2 Å². The van der Waals surface area contributed by atoms with Crippen LogP contribution in [0.5, 0.6) is 0 Å². The highest BCUT2D eigenvalue weighted by molar-refractivity contribution is 5.49. The highest BCUT2D eigenvalue weighted by Gasteiger charge is 2.42. The molecular formula is C20H22O2. The van der Waals surface area contributed by atoms with Gasteiger partial charge in [0.2, 0.25) is 0 Å². The molecule has 0 aliphatic heterocycles. The van der Waals surface area contributed by atoms with E-state index >= 15 is 0 Å². The molecule has 2 rings (SSSR count). The van der Waals surface area contributed by atoms with E-state index in [-0.39, 0.29) is 0 Å². The van der Waals surface area contributed by atoms with Crippen LogP contribution in [0.4, 0.5) is 0 Å². The van der Waals surface area contributed by atoms with Crippen LogP contribution >= 0.6 is 0 Å². The molecular weight excluding hydrogens is 272 g/mol. The van der Waals surface area contributed by atoms with E-state index in [2.05, 4.69) is 0 Å². The van der Waals surface area contributed by atoms with Gasteiger partial charge in [-0.25, -0.2) is 0 Å². The quantitative estimate of drug-likeness (QED) is 0.650. The summed E-state index contributed by atoms with van der Waals surface area (Å²) in [5.41, 5.74) is 1.60. The summed E-state index contributed by atoms with van der Waals surface area (Å²) >= 11 is 0. The number of aliphatic hydroxyl groups is 2. The summed E-state index contributed by atoms with van der Waals surface area (Å²) < 4.78 is 0. The van der Waals surface area contributed by atoms with Crippen LogP contribution in [0.1, 0.15) is 25.0 Å². The third-order valence-electron chi connectivity index (χ3n) is 4.01. The van der Waals surface area contributed by atoms with Gasteiger partial charge in [0.1, 0.15) is 0 Å². The molecule has 2 aromatic carbocycles. The van der Waals surface area contributed by atoms with Crippen LogP contribution in [0.15, 0.2) is 84.5 Å². The molecule has 0 aliphatic rings. The van der Waals surface area contributed by atoms with Gasteiger partial charge >= 0.3 is 0 Å². The smallest absolute Gasteiger partial charge is 0.169 e. The molecule has 0 bridgehead atoms. The molecule has 2 heteroatoms. The summed E-state index contributed by atoms with van der Waals surface area (Å²) in [5, 5.41) is 20.7. The van der Waals surface area contributed by atoms with Crippen molar-refractivity contribution >= 4 is 0 Å². The Labute approximate surface area is 132 Å². The largest absolute Gasteiger partial charge is 0.367 e. The fraction of sp³-hybridized carbons (Fsp3) is 0.200. The number of rotatable bonds is 5. The van der Waals surface area contributed by atoms with E-state index in [4.69, 9.17) is 0 Å². The van der Waals surface area contributed by atoms with Gasteiger partial charge in [-0.2, -0.15) is 0 Å². The van der Waals surface area contributed by atoms with Gasteiger partial charge in [-0.3, -0.25) is 0 Å². The monoisotopic (exact) mass is 294 g/mol. The van der Waals surface area contributed by atoms with Crippen molar-refractivity contribution in [2.45, 2.75) is 25.6 Å². The summed E-state index contributed by atoms with van der Waals surface area (Å²) in [5.74, 6) is 0. The van der Waals surface area contributed by atoms with Gasteiger partial charge in [-0.05, 0) is 25.0 Å². The molecule has 2 nitrogen and oxygen atoms in total. The van der Waals surface area contributed by atoms with Crippen LogP contribution in [0.25, 0.3) is 0 Å². The third-order valence-corrected chi connectivity index (χ3v) is 4.01. The van der Waals surface area contributed by atoms with Crippen molar-refractivity contribution in [1.29, 1.82) is 0 Å². The summed E-state index contributed by atoms with van der Waals surface area (Å²) in [6, 6.07) is 19.2. The lowest BCUT2D eigenvalue weighted by Gasteiger charge is -2.37. The van der Waals surface area contributed by atoms with Gasteiger partial charge < -0.3 is 10.2 Å². The van der Waals surface area contributed by atoms with Crippen molar-refractivity contribution in [3.63, 3.8) is 0 Å². The van der Waals surface area contributed by atoms with E-state index in [1.54, 1.807) is 0 Å². The van der Waals surface area contributed by atoms with Crippen molar-refractivity contribution in [2.24, 2.45) is 0 Å². The number of aliphatic hydroxyl groups excluding tert-OH is 1. The first-order valence-electron chi connectivity index (χ1n) is 7.41. The van der Waals surface area contributed by atoms with Crippen molar-refractivity contribution in [3.05, 3.63) is 95.6 Å². The Morgan fingerprint density at radius 2 is 1.36 bits per heavy atom. The minimum absolute atomic E-state index is 0.856. The molecule has 0 radical (unpaired) electrons. The molecule has 114 valence electrons. The second-order valence-corrected chi connectivity index (χ2v) is 5.29. The Balaban J connectivity index is 2.77. The zero-order valence-corrected chi connectivity index (χ0v) is 13.0. The molecule has 0 amide bonds. The van der Waals surface area contributed by atoms with Gasteiger partial charge in [-0.15, -0.1) is 0 Å². The summed E-state index contributed by atoms with van der Waals surface area (Å²) in [7, 11) is 0. The van der Waals surface area contributed by atoms with Crippen LogP contribution in [0.3, 0.4) is 0 Å². The third kappa shape index (κ3) is 2.89. The minimum Gasteiger partial charge on any atom is -0.367 e. The lowest BCUT2D eigenvalue weighted by Crippen LogP contribution is -2.42. The van der Waals surface area contributed by atoms with Gasteiger partial charge in [0.25, 0.3) is 0 Å². The number of hydrogen-bond acceptors (Lipinski definition) is 2. The van der Waals surface area contributed by atoms with Crippen molar-refractivity contribution in [3.8, 4) is 0 Å². The summed E-state index contributed by atoms with van der Waals surface area (Å²) in [6.45, 7) is 3.87. The predicted molar refractivity (Wildman–Crippen MR) is 90.5 cm³/mol. The second-order valence-electron chi connectivity index (χ2n) is 5.29. The average molecular weight is 294 g/mol. The zero-order chi connectivity index (χ0) is 16.0. The Morgan fingerprint density at radius 1 is 0.909 bits per heavy atom. The van der Waals surface area contributed by atoms with Crippen LogP contribution in [0, 0.1) is 0 Å². The van der Waals surface area contributed by atoms with E-state index in [0.29, 0.717) is 0 Å². The molecule has 0 saturated heterocycles. The highest BCUT2D eigenvalue weighted by Crippen LogP contribution is 2.41. The topological polar surface area (TPSA) is 40.5 Å². The molecule has 0 spiro atoms. The molecule has 22 heavy (non-hydrogen) atoms. The van der Waals surface area contributed by atoms with E-state index in [1.807, 2.05) is 92.7 Å². The molecule has 0 fully saturated rings. The first kappa shape index (κ1) is 16.2. The van der Waals surface area contributed by atoms with Gasteiger partial charge in [-0.1, -0.05) is 84.5 Å². The van der Waals surface area contributed by atoms with Crippen molar-refractivity contribution in [2.75, 3.05) is 0 Å². The highest BCUT2D eigenvalue weighted by atomic mass is 16.5. The Bertz CT molecular complexity index is 600. The number of hydrogen-bond donors (Lipinski definition) is 2. The summed E-state index contributed by atoms with van der Waals surface area (Å²) in [6.07, 6.45) is 4.23. The molecule has 0 aliphatic carbocycles. The molecule has 2 N–H and O–H groups in total. The Kier molecular flexibility index (Phi) is 5.31. The standard InChI is InChI=1S/C20H22O2/c1-3-4-11-16(2)20(19(21)22,17-12-7-5-8-13-17)18-14-9-6-10-15-18/h3-15,19,21-22H,1-2H3/b4-3-,16-11+. The molecule has 0 aromatic heterocycles. The van der Waals surface area contributed by atoms with E-state index in [0.717, 1.165) is 16.7 Å². The Morgan fingerprint density at radius 3 is 1.73 bits per heavy atom. The van der Waals surface area contributed by atoms with Gasteiger partial charge in [0.15, 0.2) is 6.29 Å². The lowest BCUT2D eigenvalue weighted by molar-refractivity contribution is -0.0764. The maximum Gasteiger partial charge on any atom is 0.169 e. The van der Waals surface area contributed by atoms with Crippen LogP contribution in [-0.4, -0.2) is 16.5 Å². The fourth-order valence-electron chi connectivity index (χ4n) is 2.90. The maximum absolute atomic E-state index is 10.3. The first-order valence-corrected chi connectivity index (χ1v) is 7.41. The van der Waals surface area contributed by atoms with Crippen LogP contribution in [0.2, 0.25) is 0 Å². The molecule has 2 aromatic rings. The number of benzene rings is 2. The fourth-order valence-corrected chi connectivity index (χ4v) is 2.90. The SMILES string of the molecule is C/C=C\C=C(/C)C(c1ccccc1)(c1ccccc1)C(O)O. The van der Waals surface area contributed by atoms with E-state index in [1.165, 1.54) is 0 Å². The predicted octanol–water partition coefficient (Wildman–Crippen LogP) is 3.81. The second kappa shape index (κ2) is 7.21. The zero-order valence-electron chi connectivity index (χ0n) is 13.0. The lowest BCUT2D eigenvalue weighted by atomic mass is 9.68. The molecule has 0 heterocycles. The maximum atomic E-state index is 10.3. The summed E-state index contributed by atoms with van der Waals surface area (Å²) in [4.78, 5) is 0. The van der Waals surface area contributed by atoms with Crippen LogP contribution in [-0.2, 0) is 5.41 Å². The van der Waals surface area contributed by atoms with Gasteiger partial charge in [0.05, 0.1) is 5.41 Å². The van der Waals surface area contributed by atoms with Crippen LogP contribution < -0.4 is 0 Å². The van der Waals surface area contributed by atoms with Gasteiger partial charge in [0, 0.05) is 0 Å². The normalized spacial score (nSPS) is 13.0. The first-order chi connectivity index (χ1) is 10.6. The molecule has 0 saturated carbocycles. The average Bonchev–Trinajstić information content (AvgIpc) is 2.55. The van der Waals surface area contributed by atoms with Crippen molar-refractivity contribution < 1.29 is 10.2 Å². The Hall–Kier alpha value is -2.16. The molecule has 0 atom stereocenters. The minimum atomic E-state index is -1.54. The van der Waals surface area contributed by atoms with E-state index < -0.39 is 11.7 Å². The van der Waals surface area contributed by atoms with Crippen molar-refractivity contribution in [1.82, 2.24) is 0 Å².